The zero-order valence-corrected chi connectivity index (χ0v) is 11.8. The molecule has 7 nitrogen and oxygen atoms in total. The van der Waals surface area contributed by atoms with Gasteiger partial charge in [0.05, 0.1) is 12.0 Å². The Labute approximate surface area is 118 Å². The molecule has 2 unspecified atom stereocenters. The molecule has 2 atom stereocenters. The lowest BCUT2D eigenvalue weighted by atomic mass is 10.1. The van der Waals surface area contributed by atoms with E-state index in [9.17, 15) is 14.4 Å². The zero-order chi connectivity index (χ0) is 15.1. The standard InChI is InChI=1S/C13H21N3O4/c1-3-14-11(17)8-16(4-2)13(20)15-10-6-5-9(7-10)12(18)19/h5-6,9-10H,3-4,7-8H2,1-2H3,(H,14,17)(H,15,20)(H,18,19). The summed E-state index contributed by atoms with van der Waals surface area (Å²) >= 11 is 0. The molecule has 0 spiro atoms. The van der Waals surface area contributed by atoms with Crippen LogP contribution in [0.5, 0.6) is 0 Å². The van der Waals surface area contributed by atoms with Crippen molar-refractivity contribution in [3.63, 3.8) is 0 Å². The number of carboxylic acids is 1. The molecular weight excluding hydrogens is 262 g/mol. The molecule has 1 aliphatic rings. The number of aliphatic carboxylic acids is 1. The van der Waals surface area contributed by atoms with Crippen molar-refractivity contribution in [3.8, 4) is 0 Å². The number of hydrogen-bond donors (Lipinski definition) is 3. The molecule has 0 saturated heterocycles. The van der Waals surface area contributed by atoms with Crippen LogP contribution in [-0.4, -0.2) is 53.6 Å². The maximum atomic E-state index is 12.0. The number of carbonyl (C=O) groups is 3. The summed E-state index contributed by atoms with van der Waals surface area (Å²) < 4.78 is 0. The molecule has 20 heavy (non-hydrogen) atoms. The van der Waals surface area contributed by atoms with Gasteiger partial charge in [-0.2, -0.15) is 0 Å². The van der Waals surface area contributed by atoms with Crippen LogP contribution in [0.2, 0.25) is 0 Å². The van der Waals surface area contributed by atoms with E-state index in [1.807, 2.05) is 6.92 Å². The average Bonchev–Trinajstić information content (AvgIpc) is 2.84. The Balaban J connectivity index is 2.46. The van der Waals surface area contributed by atoms with Crippen LogP contribution in [0.15, 0.2) is 12.2 Å². The number of rotatable bonds is 6. The second-order valence-corrected chi connectivity index (χ2v) is 4.59. The van der Waals surface area contributed by atoms with Gasteiger partial charge in [0, 0.05) is 13.1 Å². The van der Waals surface area contributed by atoms with Gasteiger partial charge in [-0.3, -0.25) is 9.59 Å². The molecule has 0 aromatic rings. The normalized spacial score (nSPS) is 20.5. The van der Waals surface area contributed by atoms with E-state index in [0.717, 1.165) is 0 Å². The van der Waals surface area contributed by atoms with E-state index in [2.05, 4.69) is 10.6 Å². The monoisotopic (exact) mass is 283 g/mol. The molecule has 0 heterocycles. The molecule has 0 aromatic carbocycles. The van der Waals surface area contributed by atoms with E-state index in [1.54, 1.807) is 19.1 Å². The fourth-order valence-electron chi connectivity index (χ4n) is 1.99. The van der Waals surface area contributed by atoms with Gasteiger partial charge in [-0.25, -0.2) is 4.79 Å². The summed E-state index contributed by atoms with van der Waals surface area (Å²) in [6.45, 7) is 4.51. The van der Waals surface area contributed by atoms with Crippen LogP contribution in [0.25, 0.3) is 0 Å². The van der Waals surface area contributed by atoms with Crippen molar-refractivity contribution in [2.24, 2.45) is 5.92 Å². The molecular formula is C13H21N3O4. The lowest BCUT2D eigenvalue weighted by molar-refractivity contribution is -0.140. The van der Waals surface area contributed by atoms with Crippen molar-refractivity contribution < 1.29 is 19.5 Å². The first-order valence-electron chi connectivity index (χ1n) is 6.71. The molecule has 1 aliphatic carbocycles. The average molecular weight is 283 g/mol. The largest absolute Gasteiger partial charge is 0.481 e. The molecule has 0 radical (unpaired) electrons. The first-order valence-corrected chi connectivity index (χ1v) is 6.71. The van der Waals surface area contributed by atoms with Gasteiger partial charge in [0.25, 0.3) is 0 Å². The van der Waals surface area contributed by atoms with E-state index in [-0.39, 0.29) is 24.5 Å². The first-order chi connectivity index (χ1) is 9.47. The molecule has 3 amide bonds. The third kappa shape index (κ3) is 4.56. The zero-order valence-electron chi connectivity index (χ0n) is 11.8. The Morgan fingerprint density at radius 3 is 2.50 bits per heavy atom. The molecule has 0 aromatic heterocycles. The minimum atomic E-state index is -0.896. The maximum absolute atomic E-state index is 12.0. The van der Waals surface area contributed by atoms with Gasteiger partial charge in [0.1, 0.15) is 6.54 Å². The molecule has 112 valence electrons. The van der Waals surface area contributed by atoms with Gasteiger partial charge in [-0.15, -0.1) is 0 Å². The van der Waals surface area contributed by atoms with Gasteiger partial charge in [0.2, 0.25) is 5.91 Å². The summed E-state index contributed by atoms with van der Waals surface area (Å²) in [4.78, 5) is 35.7. The topological polar surface area (TPSA) is 98.7 Å². The molecule has 0 fully saturated rings. The van der Waals surface area contributed by atoms with E-state index in [0.29, 0.717) is 19.5 Å². The smallest absolute Gasteiger partial charge is 0.318 e. The third-order valence-electron chi connectivity index (χ3n) is 3.09. The highest BCUT2D eigenvalue weighted by Gasteiger charge is 2.26. The second-order valence-electron chi connectivity index (χ2n) is 4.59. The minimum Gasteiger partial charge on any atom is -0.481 e. The summed E-state index contributed by atoms with van der Waals surface area (Å²) in [5, 5.41) is 14.2. The Kier molecular flexibility index (Phi) is 6.02. The summed E-state index contributed by atoms with van der Waals surface area (Å²) in [5.74, 6) is -1.67. The van der Waals surface area contributed by atoms with Crippen LogP contribution in [0.1, 0.15) is 20.3 Å². The number of amides is 3. The van der Waals surface area contributed by atoms with E-state index in [1.165, 1.54) is 4.90 Å². The summed E-state index contributed by atoms with van der Waals surface area (Å²) in [6, 6.07) is -0.661. The molecule has 1 rings (SSSR count). The van der Waals surface area contributed by atoms with Crippen LogP contribution in [0, 0.1) is 5.92 Å². The number of nitrogens with one attached hydrogen (secondary N) is 2. The van der Waals surface area contributed by atoms with E-state index < -0.39 is 11.9 Å². The van der Waals surface area contributed by atoms with Crippen molar-refractivity contribution in [3.05, 3.63) is 12.2 Å². The highest BCUT2D eigenvalue weighted by molar-refractivity contribution is 5.84. The number of carboxylic acid groups (broad SMARTS) is 1. The van der Waals surface area contributed by atoms with Crippen molar-refractivity contribution in [1.29, 1.82) is 0 Å². The fourth-order valence-corrected chi connectivity index (χ4v) is 1.99. The molecule has 3 N–H and O–H groups in total. The lowest BCUT2D eigenvalue weighted by Crippen LogP contribution is -2.47. The number of carbonyl (C=O) groups excluding carboxylic acids is 2. The van der Waals surface area contributed by atoms with Crippen LogP contribution in [0.4, 0.5) is 4.79 Å². The fraction of sp³-hybridized carbons (Fsp3) is 0.615. The van der Waals surface area contributed by atoms with Crippen LogP contribution < -0.4 is 10.6 Å². The van der Waals surface area contributed by atoms with E-state index in [4.69, 9.17) is 5.11 Å². The van der Waals surface area contributed by atoms with Gasteiger partial charge in [-0.05, 0) is 20.3 Å². The van der Waals surface area contributed by atoms with Gasteiger partial charge in [-0.1, -0.05) is 12.2 Å². The first kappa shape index (κ1) is 16.0. The predicted molar refractivity (Wildman–Crippen MR) is 73.1 cm³/mol. The Morgan fingerprint density at radius 2 is 2.00 bits per heavy atom. The third-order valence-corrected chi connectivity index (χ3v) is 3.09. The van der Waals surface area contributed by atoms with Crippen molar-refractivity contribution in [2.45, 2.75) is 26.3 Å². The quantitative estimate of drug-likeness (QED) is 0.606. The number of hydrogen-bond acceptors (Lipinski definition) is 3. The maximum Gasteiger partial charge on any atom is 0.318 e. The molecule has 0 bridgehead atoms. The molecule has 0 saturated carbocycles. The summed E-state index contributed by atoms with van der Waals surface area (Å²) in [5.41, 5.74) is 0. The number of nitrogens with zero attached hydrogens (tertiary/aromatic N) is 1. The van der Waals surface area contributed by atoms with Crippen molar-refractivity contribution in [1.82, 2.24) is 15.5 Å². The Hall–Kier alpha value is -2.05. The summed E-state index contributed by atoms with van der Waals surface area (Å²) in [6.07, 6.45) is 3.60. The highest BCUT2D eigenvalue weighted by Crippen LogP contribution is 2.18. The van der Waals surface area contributed by atoms with Crippen molar-refractivity contribution >= 4 is 17.9 Å². The van der Waals surface area contributed by atoms with Crippen molar-refractivity contribution in [2.75, 3.05) is 19.6 Å². The van der Waals surface area contributed by atoms with E-state index >= 15 is 0 Å². The number of likely N-dealkylation sites (N-methyl/N-ethyl adjacent to an activating group) is 2. The molecule has 0 aliphatic heterocycles. The SMILES string of the molecule is CCNC(=O)CN(CC)C(=O)NC1C=CC(C(=O)O)C1. The van der Waals surface area contributed by atoms with Crippen LogP contribution in [-0.2, 0) is 9.59 Å². The summed E-state index contributed by atoms with van der Waals surface area (Å²) in [7, 11) is 0. The minimum absolute atomic E-state index is 0.00499. The number of urea groups is 1. The van der Waals surface area contributed by atoms with Crippen LogP contribution >= 0.6 is 0 Å². The Morgan fingerprint density at radius 1 is 1.30 bits per heavy atom. The van der Waals surface area contributed by atoms with Gasteiger partial charge >= 0.3 is 12.0 Å². The predicted octanol–water partition coefficient (Wildman–Crippen LogP) is 0.183. The second kappa shape index (κ2) is 7.52. The van der Waals surface area contributed by atoms with Gasteiger partial charge in [0.15, 0.2) is 0 Å². The molecule has 7 heteroatoms. The van der Waals surface area contributed by atoms with Gasteiger partial charge < -0.3 is 20.6 Å². The Bertz CT molecular complexity index is 408. The highest BCUT2D eigenvalue weighted by atomic mass is 16.4. The van der Waals surface area contributed by atoms with Crippen LogP contribution in [0.3, 0.4) is 0 Å². The lowest BCUT2D eigenvalue weighted by Gasteiger charge is -2.23.